The maximum absolute atomic E-state index is 14.4. The fourth-order valence-electron chi connectivity index (χ4n) is 4.13. The van der Waals surface area contributed by atoms with Gasteiger partial charge in [-0.3, -0.25) is 0 Å². The lowest BCUT2D eigenvalue weighted by Crippen LogP contribution is -2.48. The Morgan fingerprint density at radius 2 is 1.91 bits per heavy atom. The van der Waals surface area contributed by atoms with Crippen LogP contribution in [-0.2, 0) is 0 Å². The van der Waals surface area contributed by atoms with E-state index in [1.165, 1.54) is 18.5 Å². The number of ether oxygens (including phenoxy) is 1. The predicted octanol–water partition coefficient (Wildman–Crippen LogP) is 3.57. The summed E-state index contributed by atoms with van der Waals surface area (Å²) in [7, 11) is 0. The second-order valence-electron chi connectivity index (χ2n) is 7.58. The van der Waals surface area contributed by atoms with Crippen LogP contribution in [0.15, 0.2) is 43.0 Å². The standard InChI is InChI=1S/C22H21FN8O/c1-24-15-3-4-18(17(23)13-15)29-20-19-21(28-14-27-20)31(11-12-32-19)16-5-9-30(10-6-16)22-25-7-2-8-26-22/h2-4,7-8,13-14,16H,5-6,9-12H2,(H,27,28,29). The summed E-state index contributed by atoms with van der Waals surface area (Å²) in [5.41, 5.74) is 0.475. The van der Waals surface area contributed by atoms with Crippen molar-refractivity contribution in [3.63, 3.8) is 0 Å². The number of fused-ring (bicyclic) bond motifs is 1. The quantitative estimate of drug-likeness (QED) is 0.627. The van der Waals surface area contributed by atoms with E-state index in [0.717, 1.165) is 38.4 Å². The topological polar surface area (TPSA) is 83.7 Å². The molecule has 0 bridgehead atoms. The summed E-state index contributed by atoms with van der Waals surface area (Å²) in [4.78, 5) is 25.2. The third kappa shape index (κ3) is 3.85. The Morgan fingerprint density at radius 3 is 2.66 bits per heavy atom. The summed E-state index contributed by atoms with van der Waals surface area (Å²) < 4.78 is 20.3. The first kappa shape index (κ1) is 19.9. The molecule has 0 unspecified atom stereocenters. The van der Waals surface area contributed by atoms with Gasteiger partial charge in [0.1, 0.15) is 18.8 Å². The van der Waals surface area contributed by atoms with Gasteiger partial charge in [-0.1, -0.05) is 6.07 Å². The van der Waals surface area contributed by atoms with Crippen LogP contribution in [0, 0.1) is 12.4 Å². The lowest BCUT2D eigenvalue weighted by atomic mass is 10.0. The summed E-state index contributed by atoms with van der Waals surface area (Å²) in [5, 5.41) is 3.00. The molecule has 1 fully saturated rings. The van der Waals surface area contributed by atoms with Gasteiger partial charge in [0.15, 0.2) is 17.3 Å². The number of nitrogens with one attached hydrogen (secondary N) is 1. The smallest absolute Gasteiger partial charge is 0.225 e. The van der Waals surface area contributed by atoms with E-state index in [0.29, 0.717) is 30.0 Å². The molecule has 1 aromatic carbocycles. The normalized spacial score (nSPS) is 16.1. The fourth-order valence-corrected chi connectivity index (χ4v) is 4.13. The third-order valence-electron chi connectivity index (χ3n) is 5.71. The van der Waals surface area contributed by atoms with Gasteiger partial charge in [-0.15, -0.1) is 0 Å². The molecule has 1 N–H and O–H groups in total. The Balaban J connectivity index is 1.34. The molecule has 2 aliphatic rings. The molecule has 2 aliphatic heterocycles. The van der Waals surface area contributed by atoms with Crippen molar-refractivity contribution >= 4 is 29.0 Å². The van der Waals surface area contributed by atoms with Crippen molar-refractivity contribution in [3.05, 3.63) is 60.2 Å². The molecule has 162 valence electrons. The molecule has 0 atom stereocenters. The Hall–Kier alpha value is -4.00. The highest BCUT2D eigenvalue weighted by Gasteiger charge is 2.32. The Morgan fingerprint density at radius 1 is 1.09 bits per heavy atom. The number of hydrogen-bond donors (Lipinski definition) is 1. The van der Waals surface area contributed by atoms with E-state index in [9.17, 15) is 4.39 Å². The van der Waals surface area contributed by atoms with E-state index >= 15 is 0 Å². The lowest BCUT2D eigenvalue weighted by molar-refractivity contribution is 0.290. The minimum Gasteiger partial charge on any atom is -0.485 e. The Kier molecular flexibility index (Phi) is 5.37. The number of nitrogens with zero attached hydrogens (tertiary/aromatic N) is 7. The van der Waals surface area contributed by atoms with Gasteiger partial charge in [0.25, 0.3) is 0 Å². The highest BCUT2D eigenvalue weighted by Crippen LogP contribution is 2.39. The molecule has 0 aliphatic carbocycles. The summed E-state index contributed by atoms with van der Waals surface area (Å²) in [6, 6.07) is 6.40. The monoisotopic (exact) mass is 432 g/mol. The molecule has 10 heteroatoms. The summed E-state index contributed by atoms with van der Waals surface area (Å²) in [6.45, 7) is 9.96. The zero-order chi connectivity index (χ0) is 21.9. The van der Waals surface area contributed by atoms with Gasteiger partial charge < -0.3 is 19.9 Å². The van der Waals surface area contributed by atoms with E-state index in [4.69, 9.17) is 11.3 Å². The SMILES string of the molecule is [C-]#[N+]c1ccc(Nc2ncnc3c2OCCN3C2CCN(c3ncccn3)CC2)c(F)c1. The van der Waals surface area contributed by atoms with Crippen molar-refractivity contribution in [1.82, 2.24) is 19.9 Å². The predicted molar refractivity (Wildman–Crippen MR) is 118 cm³/mol. The average molecular weight is 432 g/mol. The van der Waals surface area contributed by atoms with Crippen LogP contribution >= 0.6 is 0 Å². The van der Waals surface area contributed by atoms with E-state index in [2.05, 4.69) is 39.9 Å². The number of halogens is 1. The maximum atomic E-state index is 14.4. The second-order valence-corrected chi connectivity index (χ2v) is 7.58. The van der Waals surface area contributed by atoms with Crippen molar-refractivity contribution < 1.29 is 9.13 Å². The third-order valence-corrected chi connectivity index (χ3v) is 5.71. The zero-order valence-corrected chi connectivity index (χ0v) is 17.3. The van der Waals surface area contributed by atoms with E-state index in [-0.39, 0.29) is 11.4 Å². The zero-order valence-electron chi connectivity index (χ0n) is 17.3. The van der Waals surface area contributed by atoms with E-state index in [1.54, 1.807) is 18.5 Å². The number of anilines is 4. The van der Waals surface area contributed by atoms with Crippen LogP contribution in [0.3, 0.4) is 0 Å². The molecule has 5 rings (SSSR count). The van der Waals surface area contributed by atoms with E-state index < -0.39 is 5.82 Å². The largest absolute Gasteiger partial charge is 0.485 e. The molecule has 32 heavy (non-hydrogen) atoms. The van der Waals surface area contributed by atoms with Crippen LogP contribution in [-0.4, -0.2) is 52.2 Å². The van der Waals surface area contributed by atoms with Crippen LogP contribution in [0.5, 0.6) is 5.75 Å². The van der Waals surface area contributed by atoms with Gasteiger partial charge in [-0.05, 0) is 31.0 Å². The van der Waals surface area contributed by atoms with Crippen LogP contribution in [0.1, 0.15) is 12.8 Å². The number of piperidine rings is 1. The van der Waals surface area contributed by atoms with Crippen molar-refractivity contribution in [1.29, 1.82) is 0 Å². The molecule has 0 saturated carbocycles. The second kappa shape index (κ2) is 8.63. The molecule has 0 spiro atoms. The highest BCUT2D eigenvalue weighted by atomic mass is 19.1. The van der Waals surface area contributed by atoms with Crippen LogP contribution in [0.25, 0.3) is 4.85 Å². The molecular formula is C22H21FN8O. The van der Waals surface area contributed by atoms with Crippen LogP contribution < -0.4 is 19.9 Å². The van der Waals surface area contributed by atoms with Crippen LogP contribution in [0.4, 0.5) is 33.3 Å². The van der Waals surface area contributed by atoms with Crippen molar-refractivity contribution in [2.75, 3.05) is 41.4 Å². The number of rotatable bonds is 4. The van der Waals surface area contributed by atoms with Gasteiger partial charge in [-0.2, -0.15) is 0 Å². The van der Waals surface area contributed by atoms with Crippen molar-refractivity contribution in [2.45, 2.75) is 18.9 Å². The molecule has 2 aromatic heterocycles. The Bertz CT molecular complexity index is 1140. The molecule has 0 radical (unpaired) electrons. The molecule has 0 amide bonds. The maximum Gasteiger partial charge on any atom is 0.225 e. The van der Waals surface area contributed by atoms with Crippen molar-refractivity contribution in [2.24, 2.45) is 0 Å². The van der Waals surface area contributed by atoms with Gasteiger partial charge in [0.05, 0.1) is 18.8 Å². The molecular weight excluding hydrogens is 411 g/mol. The Labute approximate surface area is 184 Å². The van der Waals surface area contributed by atoms with Gasteiger partial charge in [0.2, 0.25) is 11.7 Å². The van der Waals surface area contributed by atoms with Crippen molar-refractivity contribution in [3.8, 4) is 5.75 Å². The highest BCUT2D eigenvalue weighted by molar-refractivity contribution is 5.72. The first-order valence-corrected chi connectivity index (χ1v) is 10.4. The molecule has 4 heterocycles. The summed E-state index contributed by atoms with van der Waals surface area (Å²) in [6.07, 6.45) is 6.86. The fraction of sp³-hybridized carbons (Fsp3) is 0.318. The number of aromatic nitrogens is 4. The summed E-state index contributed by atoms with van der Waals surface area (Å²) >= 11 is 0. The lowest BCUT2D eigenvalue weighted by Gasteiger charge is -2.41. The minimum absolute atomic E-state index is 0.232. The molecule has 1 saturated heterocycles. The first-order valence-electron chi connectivity index (χ1n) is 10.4. The molecule has 3 aromatic rings. The molecule has 9 nitrogen and oxygen atoms in total. The first-order chi connectivity index (χ1) is 15.7. The van der Waals surface area contributed by atoms with E-state index in [1.807, 2.05) is 6.07 Å². The average Bonchev–Trinajstić information content (AvgIpc) is 2.86. The minimum atomic E-state index is -0.519. The van der Waals surface area contributed by atoms with Gasteiger partial charge in [0, 0.05) is 31.5 Å². The van der Waals surface area contributed by atoms with Crippen LogP contribution in [0.2, 0.25) is 0 Å². The van der Waals surface area contributed by atoms with Gasteiger partial charge in [-0.25, -0.2) is 29.2 Å². The number of hydrogen-bond acceptors (Lipinski definition) is 8. The summed E-state index contributed by atoms with van der Waals surface area (Å²) in [5.74, 6) is 1.87. The van der Waals surface area contributed by atoms with Gasteiger partial charge >= 0.3 is 0 Å². The number of benzene rings is 1.